The number of nitrogens with zero attached hydrogens (tertiary/aromatic N) is 4. The summed E-state index contributed by atoms with van der Waals surface area (Å²) in [6, 6.07) is 6.61. The van der Waals surface area contributed by atoms with E-state index in [-0.39, 0.29) is 29.5 Å². The summed E-state index contributed by atoms with van der Waals surface area (Å²) >= 11 is 2.69. The molecule has 11 heteroatoms. The van der Waals surface area contributed by atoms with Gasteiger partial charge in [0.1, 0.15) is 5.75 Å². The maximum absolute atomic E-state index is 12.9. The van der Waals surface area contributed by atoms with Crippen LogP contribution in [0.25, 0.3) is 0 Å². The van der Waals surface area contributed by atoms with E-state index in [9.17, 15) is 9.59 Å². The zero-order chi connectivity index (χ0) is 24.0. The van der Waals surface area contributed by atoms with E-state index in [2.05, 4.69) is 25.8 Å². The predicted octanol–water partition coefficient (Wildman–Crippen LogP) is 3.93. The number of ether oxygens (including phenoxy) is 1. The van der Waals surface area contributed by atoms with Gasteiger partial charge in [-0.1, -0.05) is 25.6 Å². The normalized spacial score (nSPS) is 11.9. The predicted molar refractivity (Wildman–Crippen MR) is 130 cm³/mol. The van der Waals surface area contributed by atoms with Crippen LogP contribution in [0.1, 0.15) is 48.7 Å². The van der Waals surface area contributed by atoms with Crippen molar-refractivity contribution in [3.05, 3.63) is 46.7 Å². The number of carbonyl (C=O) groups excluding carboxylic acids is 2. The van der Waals surface area contributed by atoms with Gasteiger partial charge in [-0.05, 0) is 44.0 Å². The van der Waals surface area contributed by atoms with Crippen molar-refractivity contribution >= 4 is 40.0 Å². The zero-order valence-corrected chi connectivity index (χ0v) is 20.9. The summed E-state index contributed by atoms with van der Waals surface area (Å²) in [4.78, 5) is 29.4. The second-order valence-electron chi connectivity index (χ2n) is 7.64. The summed E-state index contributed by atoms with van der Waals surface area (Å²) in [6.07, 6.45) is 0. The molecule has 0 saturated heterocycles. The number of benzene rings is 1. The largest absolute Gasteiger partial charge is 0.497 e. The summed E-state index contributed by atoms with van der Waals surface area (Å²) < 4.78 is 7.09. The third-order valence-corrected chi connectivity index (χ3v) is 6.69. The zero-order valence-electron chi connectivity index (χ0n) is 19.3. The number of hydrogen-bond donors (Lipinski definition) is 2. The number of hydrogen-bond acceptors (Lipinski definition) is 8. The highest BCUT2D eigenvalue weighted by molar-refractivity contribution is 7.99. The van der Waals surface area contributed by atoms with E-state index in [1.807, 2.05) is 37.6 Å². The third kappa shape index (κ3) is 6.32. The molecule has 2 N–H and O–H groups in total. The van der Waals surface area contributed by atoms with Crippen LogP contribution in [-0.4, -0.2) is 44.4 Å². The van der Waals surface area contributed by atoms with Gasteiger partial charge in [0.05, 0.1) is 24.6 Å². The standard InChI is InChI=1S/C22H28N6O3S2/c1-6-28-19(18(13(2)3)25-20(30)15-7-9-16(31-5)10-8-15)26-27-22(28)33-12-17(29)24-21-23-14(4)11-32-21/h7-11,13,18H,6,12H2,1-5H3,(H,25,30)(H,23,24,29)/t18-/m0/s1. The van der Waals surface area contributed by atoms with Crippen molar-refractivity contribution in [2.24, 2.45) is 5.92 Å². The molecule has 0 bridgehead atoms. The van der Waals surface area contributed by atoms with Gasteiger partial charge in [-0.2, -0.15) is 0 Å². The molecule has 176 valence electrons. The van der Waals surface area contributed by atoms with Gasteiger partial charge in [0, 0.05) is 17.5 Å². The van der Waals surface area contributed by atoms with Gasteiger partial charge in [0.25, 0.3) is 5.91 Å². The van der Waals surface area contributed by atoms with Crippen LogP contribution in [0.5, 0.6) is 5.75 Å². The number of rotatable bonds is 10. The number of aryl methyl sites for hydroxylation is 1. The Labute approximate surface area is 201 Å². The maximum atomic E-state index is 12.9. The number of aromatic nitrogens is 4. The first-order chi connectivity index (χ1) is 15.8. The van der Waals surface area contributed by atoms with Crippen molar-refractivity contribution in [1.29, 1.82) is 0 Å². The van der Waals surface area contributed by atoms with Crippen LogP contribution in [0.4, 0.5) is 5.13 Å². The van der Waals surface area contributed by atoms with Crippen molar-refractivity contribution in [3.63, 3.8) is 0 Å². The minimum atomic E-state index is -0.339. The highest BCUT2D eigenvalue weighted by atomic mass is 32.2. The van der Waals surface area contributed by atoms with Crippen molar-refractivity contribution in [3.8, 4) is 5.75 Å². The topological polar surface area (TPSA) is 111 Å². The molecule has 1 aromatic carbocycles. The van der Waals surface area contributed by atoms with Gasteiger partial charge in [0.15, 0.2) is 16.1 Å². The summed E-state index contributed by atoms with van der Waals surface area (Å²) in [5.41, 5.74) is 1.41. The van der Waals surface area contributed by atoms with E-state index >= 15 is 0 Å². The average Bonchev–Trinajstić information content (AvgIpc) is 3.40. The molecule has 2 amide bonds. The fraction of sp³-hybridized carbons (Fsp3) is 0.409. The van der Waals surface area contributed by atoms with Gasteiger partial charge >= 0.3 is 0 Å². The number of anilines is 1. The van der Waals surface area contributed by atoms with Crippen molar-refractivity contribution in [2.75, 3.05) is 18.2 Å². The fourth-order valence-corrected chi connectivity index (χ4v) is 4.64. The quantitative estimate of drug-likeness (QED) is 0.416. The number of thioether (sulfide) groups is 1. The van der Waals surface area contributed by atoms with Crippen LogP contribution < -0.4 is 15.4 Å². The lowest BCUT2D eigenvalue weighted by Gasteiger charge is -2.22. The lowest BCUT2D eigenvalue weighted by Crippen LogP contribution is -2.33. The Morgan fingerprint density at radius 3 is 2.52 bits per heavy atom. The Morgan fingerprint density at radius 1 is 1.21 bits per heavy atom. The summed E-state index contributed by atoms with van der Waals surface area (Å²) in [6.45, 7) is 8.51. The van der Waals surface area contributed by atoms with Crippen LogP contribution in [0.15, 0.2) is 34.8 Å². The summed E-state index contributed by atoms with van der Waals surface area (Å²) in [7, 11) is 1.58. The Morgan fingerprint density at radius 2 is 1.94 bits per heavy atom. The minimum absolute atomic E-state index is 0.0796. The van der Waals surface area contributed by atoms with Gasteiger partial charge in [-0.3, -0.25) is 9.59 Å². The highest BCUT2D eigenvalue weighted by Crippen LogP contribution is 2.26. The highest BCUT2D eigenvalue weighted by Gasteiger charge is 2.26. The average molecular weight is 489 g/mol. The molecule has 9 nitrogen and oxygen atoms in total. The molecule has 33 heavy (non-hydrogen) atoms. The Balaban J connectivity index is 1.70. The van der Waals surface area contributed by atoms with Crippen LogP contribution in [0.3, 0.4) is 0 Å². The molecule has 0 radical (unpaired) electrons. The lowest BCUT2D eigenvalue weighted by molar-refractivity contribution is -0.113. The van der Waals surface area contributed by atoms with Gasteiger partial charge in [-0.25, -0.2) is 4.98 Å². The molecule has 2 aromatic heterocycles. The monoisotopic (exact) mass is 488 g/mol. The first kappa shape index (κ1) is 24.7. The third-order valence-electron chi connectivity index (χ3n) is 4.84. The van der Waals surface area contributed by atoms with E-state index in [0.717, 1.165) is 5.69 Å². The van der Waals surface area contributed by atoms with Crippen LogP contribution in [0.2, 0.25) is 0 Å². The molecule has 3 aromatic rings. The van der Waals surface area contributed by atoms with Crippen LogP contribution in [0, 0.1) is 12.8 Å². The molecule has 0 fully saturated rings. The number of amides is 2. The van der Waals surface area contributed by atoms with Crippen molar-refractivity contribution < 1.29 is 14.3 Å². The van der Waals surface area contributed by atoms with E-state index in [4.69, 9.17) is 4.74 Å². The molecule has 0 spiro atoms. The molecular formula is C22H28N6O3S2. The molecular weight excluding hydrogens is 460 g/mol. The first-order valence-electron chi connectivity index (χ1n) is 10.5. The smallest absolute Gasteiger partial charge is 0.251 e. The van der Waals surface area contributed by atoms with Crippen molar-refractivity contribution in [2.45, 2.75) is 45.4 Å². The van der Waals surface area contributed by atoms with E-state index in [1.54, 1.807) is 31.4 Å². The van der Waals surface area contributed by atoms with Crippen molar-refractivity contribution in [1.82, 2.24) is 25.1 Å². The molecule has 0 saturated carbocycles. The van der Waals surface area contributed by atoms with Crippen LogP contribution in [-0.2, 0) is 11.3 Å². The second kappa shape index (κ2) is 11.3. The van der Waals surface area contributed by atoms with Gasteiger partial charge < -0.3 is 19.9 Å². The Kier molecular flexibility index (Phi) is 8.45. The molecule has 3 rings (SSSR count). The second-order valence-corrected chi connectivity index (χ2v) is 9.44. The van der Waals surface area contributed by atoms with Gasteiger partial charge in [0.2, 0.25) is 5.91 Å². The first-order valence-corrected chi connectivity index (χ1v) is 12.4. The maximum Gasteiger partial charge on any atom is 0.251 e. The molecule has 0 aliphatic rings. The summed E-state index contributed by atoms with van der Waals surface area (Å²) in [5, 5.41) is 17.6. The molecule has 0 unspecified atom stereocenters. The number of methoxy groups -OCH3 is 1. The minimum Gasteiger partial charge on any atom is -0.497 e. The molecule has 2 heterocycles. The number of thiazole rings is 1. The van der Waals surface area contributed by atoms with Gasteiger partial charge in [-0.15, -0.1) is 21.5 Å². The lowest BCUT2D eigenvalue weighted by atomic mass is 10.0. The number of nitrogens with one attached hydrogen (secondary N) is 2. The van der Waals surface area contributed by atoms with E-state index in [0.29, 0.717) is 34.0 Å². The van der Waals surface area contributed by atoms with E-state index < -0.39 is 0 Å². The van der Waals surface area contributed by atoms with E-state index in [1.165, 1.54) is 23.1 Å². The number of carbonyl (C=O) groups is 2. The molecule has 0 aliphatic carbocycles. The molecule has 1 atom stereocenters. The Hall–Kier alpha value is -2.92. The Bertz CT molecular complexity index is 1090. The summed E-state index contributed by atoms with van der Waals surface area (Å²) in [5.74, 6) is 1.25. The fourth-order valence-electron chi connectivity index (χ4n) is 3.13. The SMILES string of the molecule is CCn1c(SCC(=O)Nc2nc(C)cs2)nnc1[C@@H](NC(=O)c1ccc(OC)cc1)C(C)C. The molecule has 0 aliphatic heterocycles. The van der Waals surface area contributed by atoms with Crippen LogP contribution >= 0.6 is 23.1 Å².